The molecule has 3 rings (SSSR count). The van der Waals surface area contributed by atoms with Gasteiger partial charge >= 0.3 is 0 Å². The van der Waals surface area contributed by atoms with Crippen molar-refractivity contribution >= 4 is 11.6 Å². The Morgan fingerprint density at radius 3 is 2.38 bits per heavy atom. The first kappa shape index (κ1) is 15.3. The van der Waals surface area contributed by atoms with Crippen molar-refractivity contribution in [3.8, 4) is 0 Å². The van der Waals surface area contributed by atoms with Gasteiger partial charge in [0.2, 0.25) is 0 Å². The summed E-state index contributed by atoms with van der Waals surface area (Å²) in [5.74, 6) is 0. The van der Waals surface area contributed by atoms with E-state index in [1.807, 2.05) is 18.2 Å². The Bertz CT molecular complexity index is 464. The number of benzene rings is 1. The molecule has 1 aromatic rings. The SMILES string of the molecule is OC(CN1CCCCCC1)C1(c2cccc(Cl)c2)CCC1. The number of β-amino-alcohol motifs (C(OH)–C–C–N with tert-alkyl or cyclic N) is 1. The Hall–Kier alpha value is -0.570. The molecule has 0 radical (unpaired) electrons. The highest BCUT2D eigenvalue weighted by Gasteiger charge is 2.45. The van der Waals surface area contributed by atoms with Gasteiger partial charge in [-0.1, -0.05) is 43.0 Å². The van der Waals surface area contributed by atoms with Gasteiger partial charge in [-0.2, -0.15) is 0 Å². The van der Waals surface area contributed by atoms with Gasteiger partial charge in [0, 0.05) is 17.0 Å². The molecule has 0 aromatic heterocycles. The zero-order valence-corrected chi connectivity index (χ0v) is 13.5. The number of aliphatic hydroxyl groups is 1. The molecule has 116 valence electrons. The van der Waals surface area contributed by atoms with Gasteiger partial charge in [0.25, 0.3) is 0 Å². The monoisotopic (exact) mass is 307 g/mol. The molecule has 0 bridgehead atoms. The third-order valence-electron chi connectivity index (χ3n) is 5.41. The maximum atomic E-state index is 10.9. The lowest BCUT2D eigenvalue weighted by Crippen LogP contribution is -2.51. The van der Waals surface area contributed by atoms with Crippen LogP contribution in [-0.2, 0) is 5.41 Å². The zero-order chi connectivity index (χ0) is 14.7. The van der Waals surface area contributed by atoms with E-state index in [0.29, 0.717) is 0 Å². The number of aliphatic hydroxyl groups excluding tert-OH is 1. The van der Waals surface area contributed by atoms with Crippen LogP contribution in [0.5, 0.6) is 0 Å². The second kappa shape index (κ2) is 6.68. The Kier molecular flexibility index (Phi) is 4.88. The Labute approximate surface area is 133 Å². The lowest BCUT2D eigenvalue weighted by atomic mass is 9.61. The lowest BCUT2D eigenvalue weighted by Gasteiger charge is -2.47. The summed E-state index contributed by atoms with van der Waals surface area (Å²) in [6.45, 7) is 3.10. The van der Waals surface area contributed by atoms with Crippen molar-refractivity contribution in [1.82, 2.24) is 4.90 Å². The minimum Gasteiger partial charge on any atom is -0.391 e. The van der Waals surface area contributed by atoms with Crippen molar-refractivity contribution in [3.63, 3.8) is 0 Å². The van der Waals surface area contributed by atoms with Crippen molar-refractivity contribution in [1.29, 1.82) is 0 Å². The molecule has 1 unspecified atom stereocenters. The van der Waals surface area contributed by atoms with E-state index in [-0.39, 0.29) is 11.5 Å². The summed E-state index contributed by atoms with van der Waals surface area (Å²) < 4.78 is 0. The van der Waals surface area contributed by atoms with Crippen LogP contribution in [0.2, 0.25) is 5.02 Å². The predicted molar refractivity (Wildman–Crippen MR) is 87.9 cm³/mol. The normalized spacial score (nSPS) is 24.1. The molecule has 2 fully saturated rings. The van der Waals surface area contributed by atoms with E-state index in [2.05, 4.69) is 11.0 Å². The average Bonchev–Trinajstić information content (AvgIpc) is 2.66. The van der Waals surface area contributed by atoms with Crippen molar-refractivity contribution < 1.29 is 5.11 Å². The summed E-state index contributed by atoms with van der Waals surface area (Å²) in [6.07, 6.45) is 8.34. The quantitative estimate of drug-likeness (QED) is 0.909. The fraction of sp³-hybridized carbons (Fsp3) is 0.667. The summed E-state index contributed by atoms with van der Waals surface area (Å²) in [4.78, 5) is 2.46. The molecule has 2 aliphatic rings. The van der Waals surface area contributed by atoms with Crippen LogP contribution in [0, 0.1) is 0 Å². The van der Waals surface area contributed by atoms with Crippen LogP contribution in [-0.4, -0.2) is 35.7 Å². The van der Waals surface area contributed by atoms with E-state index in [1.54, 1.807) is 0 Å². The predicted octanol–water partition coefficient (Wildman–Crippen LogP) is 4.00. The Morgan fingerprint density at radius 2 is 1.81 bits per heavy atom. The minimum absolute atomic E-state index is 0.0583. The molecular weight excluding hydrogens is 282 g/mol. The first-order valence-electron chi connectivity index (χ1n) is 8.37. The molecular formula is C18H26ClNO. The van der Waals surface area contributed by atoms with Crippen LogP contribution in [0.3, 0.4) is 0 Å². The Morgan fingerprint density at radius 1 is 1.10 bits per heavy atom. The molecule has 21 heavy (non-hydrogen) atoms. The number of halogens is 1. The number of nitrogens with zero attached hydrogens (tertiary/aromatic N) is 1. The summed E-state index contributed by atoms with van der Waals surface area (Å²) in [7, 11) is 0. The largest absolute Gasteiger partial charge is 0.391 e. The van der Waals surface area contributed by atoms with Gasteiger partial charge in [-0.15, -0.1) is 0 Å². The van der Waals surface area contributed by atoms with Gasteiger partial charge < -0.3 is 10.0 Å². The van der Waals surface area contributed by atoms with Crippen LogP contribution < -0.4 is 0 Å². The van der Waals surface area contributed by atoms with Crippen LogP contribution in [0.25, 0.3) is 0 Å². The third-order valence-corrected chi connectivity index (χ3v) is 5.65. The van der Waals surface area contributed by atoms with E-state index >= 15 is 0 Å². The molecule has 2 nitrogen and oxygen atoms in total. The van der Waals surface area contributed by atoms with Gasteiger partial charge in [0.15, 0.2) is 0 Å². The van der Waals surface area contributed by atoms with Gasteiger partial charge in [0.1, 0.15) is 0 Å². The maximum Gasteiger partial charge on any atom is 0.0763 e. The second-order valence-corrected chi connectivity index (χ2v) is 7.19. The maximum absolute atomic E-state index is 10.9. The van der Waals surface area contributed by atoms with Crippen LogP contribution in [0.4, 0.5) is 0 Å². The van der Waals surface area contributed by atoms with E-state index in [4.69, 9.17) is 11.6 Å². The van der Waals surface area contributed by atoms with Crippen LogP contribution in [0.1, 0.15) is 50.5 Å². The van der Waals surface area contributed by atoms with Gasteiger partial charge in [-0.05, 0) is 56.5 Å². The summed E-state index contributed by atoms with van der Waals surface area (Å²) in [5.41, 5.74) is 1.17. The van der Waals surface area contributed by atoms with Crippen molar-refractivity contribution in [2.75, 3.05) is 19.6 Å². The van der Waals surface area contributed by atoms with Crippen molar-refractivity contribution in [2.45, 2.75) is 56.5 Å². The molecule has 1 atom stereocenters. The van der Waals surface area contributed by atoms with E-state index in [0.717, 1.165) is 37.5 Å². The average molecular weight is 308 g/mol. The summed E-state index contributed by atoms with van der Waals surface area (Å²) in [5, 5.41) is 11.7. The van der Waals surface area contributed by atoms with Crippen molar-refractivity contribution in [2.24, 2.45) is 0 Å². The Balaban J connectivity index is 1.72. The molecule has 3 heteroatoms. The van der Waals surface area contributed by atoms with Crippen molar-refractivity contribution in [3.05, 3.63) is 34.9 Å². The third kappa shape index (κ3) is 3.28. The topological polar surface area (TPSA) is 23.5 Å². The molecule has 1 saturated carbocycles. The molecule has 1 aliphatic carbocycles. The molecule has 1 aromatic carbocycles. The highest BCUT2D eigenvalue weighted by molar-refractivity contribution is 6.30. The number of hydrogen-bond acceptors (Lipinski definition) is 2. The smallest absolute Gasteiger partial charge is 0.0763 e. The summed E-state index contributed by atoms with van der Waals surface area (Å²) >= 11 is 6.16. The molecule has 0 amide bonds. The van der Waals surface area contributed by atoms with Crippen LogP contribution >= 0.6 is 11.6 Å². The summed E-state index contributed by atoms with van der Waals surface area (Å²) in [6, 6.07) is 8.11. The molecule has 0 spiro atoms. The van der Waals surface area contributed by atoms with E-state index < -0.39 is 0 Å². The first-order valence-corrected chi connectivity index (χ1v) is 8.75. The zero-order valence-electron chi connectivity index (χ0n) is 12.7. The molecule has 1 aliphatic heterocycles. The lowest BCUT2D eigenvalue weighted by molar-refractivity contribution is 0.00287. The second-order valence-electron chi connectivity index (χ2n) is 6.75. The van der Waals surface area contributed by atoms with Gasteiger partial charge in [-0.3, -0.25) is 0 Å². The number of hydrogen-bond donors (Lipinski definition) is 1. The fourth-order valence-corrected chi connectivity index (χ4v) is 4.10. The van der Waals surface area contributed by atoms with E-state index in [1.165, 1.54) is 37.7 Å². The standard InChI is InChI=1S/C18H26ClNO/c19-16-8-5-7-15(13-16)18(9-6-10-18)17(21)14-20-11-3-1-2-4-12-20/h5,7-8,13,17,21H,1-4,6,9-12,14H2. The van der Waals surface area contributed by atoms with E-state index in [9.17, 15) is 5.11 Å². The molecule has 1 N–H and O–H groups in total. The highest BCUT2D eigenvalue weighted by atomic mass is 35.5. The number of rotatable bonds is 4. The molecule has 1 heterocycles. The minimum atomic E-state index is -0.275. The number of likely N-dealkylation sites (tertiary alicyclic amines) is 1. The highest BCUT2D eigenvalue weighted by Crippen LogP contribution is 2.47. The first-order chi connectivity index (χ1) is 10.2. The van der Waals surface area contributed by atoms with Crippen LogP contribution in [0.15, 0.2) is 24.3 Å². The van der Waals surface area contributed by atoms with Gasteiger partial charge in [-0.25, -0.2) is 0 Å². The molecule has 1 saturated heterocycles. The fourth-order valence-electron chi connectivity index (χ4n) is 3.91. The van der Waals surface area contributed by atoms with Gasteiger partial charge in [0.05, 0.1) is 6.10 Å².